The number of rotatable bonds is 4. The maximum Gasteiger partial charge on any atom is 0.255 e. The second-order valence-electron chi connectivity index (χ2n) is 5.00. The minimum Gasteiger partial charge on any atom is -0.495 e. The molecule has 2 aromatic rings. The van der Waals surface area contributed by atoms with Gasteiger partial charge in [-0.3, -0.25) is 4.79 Å². The molecule has 0 radical (unpaired) electrons. The van der Waals surface area contributed by atoms with Gasteiger partial charge in [0.1, 0.15) is 24.7 Å². The van der Waals surface area contributed by atoms with Crippen LogP contribution >= 0.6 is 11.6 Å². The fraction of sp³-hybridized carbons (Fsp3) is 0.235. The third kappa shape index (κ3) is 3.19. The van der Waals surface area contributed by atoms with E-state index in [9.17, 15) is 4.79 Å². The van der Waals surface area contributed by atoms with E-state index in [-0.39, 0.29) is 5.91 Å². The maximum absolute atomic E-state index is 12.5. The van der Waals surface area contributed by atoms with E-state index in [4.69, 9.17) is 30.5 Å². The first kappa shape index (κ1) is 16.3. The van der Waals surface area contributed by atoms with E-state index in [2.05, 4.69) is 5.32 Å². The summed E-state index contributed by atoms with van der Waals surface area (Å²) in [5.74, 6) is 1.77. The van der Waals surface area contributed by atoms with Gasteiger partial charge in [-0.15, -0.1) is 0 Å². The smallest absolute Gasteiger partial charge is 0.255 e. The second kappa shape index (κ2) is 6.88. The van der Waals surface area contributed by atoms with Crippen LogP contribution in [0.5, 0.6) is 23.0 Å². The Morgan fingerprint density at radius 2 is 1.75 bits per heavy atom. The fourth-order valence-corrected chi connectivity index (χ4v) is 2.58. The highest BCUT2D eigenvalue weighted by atomic mass is 35.5. The Labute approximate surface area is 144 Å². The van der Waals surface area contributed by atoms with Crippen LogP contribution in [0.1, 0.15) is 10.4 Å². The zero-order valence-electron chi connectivity index (χ0n) is 13.2. The molecule has 0 bridgehead atoms. The topological polar surface area (TPSA) is 66.0 Å². The lowest BCUT2D eigenvalue weighted by Gasteiger charge is -2.19. The molecule has 24 heavy (non-hydrogen) atoms. The van der Waals surface area contributed by atoms with Crippen molar-refractivity contribution in [1.82, 2.24) is 0 Å². The quantitative estimate of drug-likeness (QED) is 0.916. The van der Waals surface area contributed by atoms with Crippen molar-refractivity contribution < 1.29 is 23.7 Å². The molecule has 1 N–H and O–H groups in total. The molecule has 0 unspecified atom stereocenters. The zero-order chi connectivity index (χ0) is 17.1. The van der Waals surface area contributed by atoms with Crippen molar-refractivity contribution in [2.24, 2.45) is 0 Å². The number of nitrogens with one attached hydrogen (secondary N) is 1. The van der Waals surface area contributed by atoms with Crippen LogP contribution in [0.2, 0.25) is 5.02 Å². The number of ether oxygens (including phenoxy) is 4. The van der Waals surface area contributed by atoms with E-state index in [1.807, 2.05) is 0 Å². The molecule has 0 saturated heterocycles. The number of hydrogen-bond donors (Lipinski definition) is 1. The maximum atomic E-state index is 12.5. The van der Waals surface area contributed by atoms with Crippen molar-refractivity contribution in [3.05, 3.63) is 40.9 Å². The van der Waals surface area contributed by atoms with Crippen molar-refractivity contribution in [2.45, 2.75) is 0 Å². The summed E-state index contributed by atoms with van der Waals surface area (Å²) in [6.07, 6.45) is 0. The number of methoxy groups -OCH3 is 2. The van der Waals surface area contributed by atoms with Gasteiger partial charge in [-0.05, 0) is 24.3 Å². The molecule has 2 aromatic carbocycles. The van der Waals surface area contributed by atoms with Gasteiger partial charge in [-0.2, -0.15) is 0 Å². The summed E-state index contributed by atoms with van der Waals surface area (Å²) in [7, 11) is 3.01. The number of benzene rings is 2. The van der Waals surface area contributed by atoms with Crippen molar-refractivity contribution in [1.29, 1.82) is 0 Å². The SMILES string of the molecule is COc1cc(OC)c(NC(=O)c2ccc3c(c2)OCCO3)cc1Cl. The van der Waals surface area contributed by atoms with Crippen molar-refractivity contribution in [2.75, 3.05) is 32.8 Å². The number of amides is 1. The number of halogens is 1. The van der Waals surface area contributed by atoms with E-state index in [1.54, 1.807) is 30.3 Å². The summed E-state index contributed by atoms with van der Waals surface area (Å²) in [5, 5.41) is 3.15. The van der Waals surface area contributed by atoms with Crippen LogP contribution in [0.3, 0.4) is 0 Å². The molecule has 0 aromatic heterocycles. The van der Waals surface area contributed by atoms with Gasteiger partial charge in [0.2, 0.25) is 0 Å². The molecule has 0 saturated carbocycles. The molecule has 3 rings (SSSR count). The highest BCUT2D eigenvalue weighted by Gasteiger charge is 2.17. The minimum absolute atomic E-state index is 0.313. The summed E-state index contributed by atoms with van der Waals surface area (Å²) in [6, 6.07) is 8.21. The van der Waals surface area contributed by atoms with E-state index in [1.165, 1.54) is 14.2 Å². The first-order valence-electron chi connectivity index (χ1n) is 7.25. The van der Waals surface area contributed by atoms with Crippen LogP contribution in [0, 0.1) is 0 Å². The zero-order valence-corrected chi connectivity index (χ0v) is 14.0. The first-order chi connectivity index (χ1) is 11.6. The van der Waals surface area contributed by atoms with E-state index in [0.29, 0.717) is 52.5 Å². The van der Waals surface area contributed by atoms with Crippen LogP contribution in [0.25, 0.3) is 0 Å². The molecular weight excluding hydrogens is 334 g/mol. The molecule has 0 aliphatic carbocycles. The van der Waals surface area contributed by atoms with Crippen molar-refractivity contribution >= 4 is 23.2 Å². The average Bonchev–Trinajstić information content (AvgIpc) is 2.61. The molecule has 6 nitrogen and oxygen atoms in total. The lowest BCUT2D eigenvalue weighted by atomic mass is 10.1. The van der Waals surface area contributed by atoms with Crippen LogP contribution in [0.15, 0.2) is 30.3 Å². The summed E-state index contributed by atoms with van der Waals surface area (Å²) in [5.41, 5.74) is 0.886. The molecule has 7 heteroatoms. The van der Waals surface area contributed by atoms with Crippen LogP contribution in [-0.2, 0) is 0 Å². The Morgan fingerprint density at radius 3 is 2.46 bits per heavy atom. The molecule has 126 valence electrons. The number of hydrogen-bond acceptors (Lipinski definition) is 5. The third-order valence-electron chi connectivity index (χ3n) is 3.53. The molecule has 1 aliphatic heterocycles. The normalized spacial score (nSPS) is 12.5. The monoisotopic (exact) mass is 349 g/mol. The molecular formula is C17H16ClNO5. The Bertz CT molecular complexity index is 778. The van der Waals surface area contributed by atoms with Gasteiger partial charge in [0.25, 0.3) is 5.91 Å². The van der Waals surface area contributed by atoms with Gasteiger partial charge in [-0.1, -0.05) is 11.6 Å². The Morgan fingerprint density at radius 1 is 1.04 bits per heavy atom. The van der Waals surface area contributed by atoms with Gasteiger partial charge in [0.05, 0.1) is 24.9 Å². The van der Waals surface area contributed by atoms with Gasteiger partial charge in [-0.25, -0.2) is 0 Å². The highest BCUT2D eigenvalue weighted by Crippen LogP contribution is 2.36. The average molecular weight is 350 g/mol. The predicted octanol–water partition coefficient (Wildman–Crippen LogP) is 3.38. The van der Waals surface area contributed by atoms with Crippen molar-refractivity contribution in [3.63, 3.8) is 0 Å². The van der Waals surface area contributed by atoms with Gasteiger partial charge in [0.15, 0.2) is 11.5 Å². The molecule has 1 amide bonds. The summed E-state index contributed by atoms with van der Waals surface area (Å²) in [6.45, 7) is 0.958. The Kier molecular flexibility index (Phi) is 4.66. The largest absolute Gasteiger partial charge is 0.495 e. The van der Waals surface area contributed by atoms with Crippen LogP contribution in [-0.4, -0.2) is 33.3 Å². The van der Waals surface area contributed by atoms with Crippen LogP contribution < -0.4 is 24.3 Å². The number of fused-ring (bicyclic) bond motifs is 1. The Hall–Kier alpha value is -2.60. The summed E-state index contributed by atoms with van der Waals surface area (Å²) >= 11 is 6.11. The molecule has 1 heterocycles. The van der Waals surface area contributed by atoms with Crippen LogP contribution in [0.4, 0.5) is 5.69 Å². The van der Waals surface area contributed by atoms with Gasteiger partial charge in [0, 0.05) is 11.6 Å². The lowest BCUT2D eigenvalue weighted by molar-refractivity contribution is 0.102. The number of anilines is 1. The van der Waals surface area contributed by atoms with E-state index >= 15 is 0 Å². The summed E-state index contributed by atoms with van der Waals surface area (Å²) < 4.78 is 21.3. The standard InChI is InChI=1S/C17H16ClNO5/c1-21-14-9-15(22-2)12(8-11(14)18)19-17(20)10-3-4-13-16(7-10)24-6-5-23-13/h3-4,7-9H,5-6H2,1-2H3,(H,19,20). The minimum atomic E-state index is -0.313. The molecule has 0 fully saturated rings. The summed E-state index contributed by atoms with van der Waals surface area (Å²) in [4.78, 5) is 12.5. The highest BCUT2D eigenvalue weighted by molar-refractivity contribution is 6.32. The fourth-order valence-electron chi connectivity index (χ4n) is 2.34. The molecule has 0 atom stereocenters. The number of carbonyl (C=O) groups is 1. The van der Waals surface area contributed by atoms with Crippen molar-refractivity contribution in [3.8, 4) is 23.0 Å². The lowest BCUT2D eigenvalue weighted by Crippen LogP contribution is -2.17. The predicted molar refractivity (Wildman–Crippen MR) is 89.9 cm³/mol. The van der Waals surface area contributed by atoms with E-state index < -0.39 is 0 Å². The molecule has 1 aliphatic rings. The van der Waals surface area contributed by atoms with Gasteiger partial charge < -0.3 is 24.3 Å². The second-order valence-corrected chi connectivity index (χ2v) is 5.41. The van der Waals surface area contributed by atoms with E-state index in [0.717, 1.165) is 0 Å². The molecule has 0 spiro atoms. The Balaban J connectivity index is 1.86. The first-order valence-corrected chi connectivity index (χ1v) is 7.62. The third-order valence-corrected chi connectivity index (χ3v) is 3.82. The van der Waals surface area contributed by atoms with Gasteiger partial charge >= 0.3 is 0 Å². The number of carbonyl (C=O) groups excluding carboxylic acids is 1.